The number of ether oxygens (including phenoxy) is 1. The molecule has 2 aromatic carbocycles. The van der Waals surface area contributed by atoms with Gasteiger partial charge in [-0.15, -0.1) is 0 Å². The summed E-state index contributed by atoms with van der Waals surface area (Å²) in [6.45, 7) is 2.56. The molecule has 0 saturated carbocycles. The summed E-state index contributed by atoms with van der Waals surface area (Å²) < 4.78 is 6.81. The van der Waals surface area contributed by atoms with Gasteiger partial charge in [-0.2, -0.15) is 0 Å². The van der Waals surface area contributed by atoms with Gasteiger partial charge in [0.1, 0.15) is 11.9 Å². The summed E-state index contributed by atoms with van der Waals surface area (Å²) in [5, 5.41) is 5.22. The Morgan fingerprint density at radius 2 is 1.82 bits per heavy atom. The molecule has 4 heteroatoms. The number of aryl methyl sites for hydroxylation is 1. The van der Waals surface area contributed by atoms with E-state index in [1.165, 1.54) is 58.7 Å². The van der Waals surface area contributed by atoms with Crippen LogP contribution >= 0.6 is 0 Å². The zero-order valence-electron chi connectivity index (χ0n) is 29.7. The summed E-state index contributed by atoms with van der Waals surface area (Å²) in [5.41, 5.74) is 14.2. The van der Waals surface area contributed by atoms with Gasteiger partial charge in [-0.1, -0.05) is 119 Å². The molecule has 0 spiro atoms. The zero-order chi connectivity index (χ0) is 33.6. The van der Waals surface area contributed by atoms with Crippen molar-refractivity contribution in [3.63, 3.8) is 0 Å². The lowest BCUT2D eigenvalue weighted by atomic mass is 9.75. The van der Waals surface area contributed by atoms with Gasteiger partial charge in [0.25, 0.3) is 0 Å². The molecule has 3 heterocycles. The maximum Gasteiger partial charge on any atom is 0.119 e. The summed E-state index contributed by atoms with van der Waals surface area (Å²) >= 11 is 0. The number of allylic oxidation sites excluding steroid dienone is 12. The average molecular weight is 698 g/mol. The largest absolute Gasteiger partial charge is 0.489 e. The van der Waals surface area contributed by atoms with E-state index >= 15 is 0 Å². The minimum absolute atomic E-state index is 0.314. The summed E-state index contributed by atoms with van der Waals surface area (Å²) in [5.74, 6) is 2.77. The Hall–Kier alpha value is -4.13. The van der Waals surface area contributed by atoms with Crippen molar-refractivity contribution in [1.82, 2.24) is 4.90 Å². The van der Waals surface area contributed by atoms with Gasteiger partial charge >= 0.3 is 0 Å². The molecule has 6 aliphatic carbocycles. The van der Waals surface area contributed by atoms with E-state index in [1.54, 1.807) is 32.3 Å². The van der Waals surface area contributed by atoms with Crippen LogP contribution in [0, 0.1) is 11.8 Å². The predicted octanol–water partition coefficient (Wildman–Crippen LogP) is 8.98. The minimum Gasteiger partial charge on any atom is -0.489 e. The van der Waals surface area contributed by atoms with Crippen LogP contribution < -0.4 is 5.19 Å². The van der Waals surface area contributed by atoms with E-state index in [1.807, 2.05) is 0 Å². The topological polar surface area (TPSA) is 12.5 Å². The molecule has 11 rings (SSSR count). The molecule has 0 bridgehead atoms. The molecule has 0 amide bonds. The molecule has 0 N–H and O–H groups in total. The first-order valence-electron chi connectivity index (χ1n) is 19.8. The van der Waals surface area contributed by atoms with Crippen molar-refractivity contribution in [1.29, 1.82) is 0 Å². The Bertz CT molecular complexity index is 2180. The van der Waals surface area contributed by atoms with Crippen LogP contribution in [0.4, 0.5) is 0 Å². The second-order valence-electron chi connectivity index (χ2n) is 16.4. The molecule has 254 valence electrons. The van der Waals surface area contributed by atoms with Gasteiger partial charge in [0.15, 0.2) is 0 Å². The van der Waals surface area contributed by atoms with Crippen LogP contribution in [0.1, 0.15) is 73.1 Å². The molecule has 2 aromatic rings. The molecule has 0 radical (unpaired) electrons. The maximum absolute atomic E-state index is 6.81. The van der Waals surface area contributed by atoms with Crippen molar-refractivity contribution in [3.05, 3.63) is 170 Å². The summed E-state index contributed by atoms with van der Waals surface area (Å²) in [6.07, 6.45) is 39.2. The molecule has 0 saturated heterocycles. The zero-order valence-corrected chi connectivity index (χ0v) is 32.3. The van der Waals surface area contributed by atoms with Crippen LogP contribution in [0.5, 0.6) is 0 Å². The SMILES string of the molecule is C[SiH]1c2ccccc2C2C=C(N(C3=CC=C(c4ccc5c(c4)CCC=C5)CC3)C3C=CC4=C(C3)[SiH2]C3=CCC5C6=C(C=CCC6)OC5C34)C=CC21. The Labute approximate surface area is 307 Å². The maximum atomic E-state index is 6.81. The van der Waals surface area contributed by atoms with Gasteiger partial charge in [0, 0.05) is 29.1 Å². The Kier molecular flexibility index (Phi) is 7.15. The minimum atomic E-state index is -1.04. The molecular formula is C47H47NOSi2. The fourth-order valence-electron chi connectivity index (χ4n) is 11.3. The summed E-state index contributed by atoms with van der Waals surface area (Å²) in [4.78, 5) is 2.77. The number of hydrogen-bond acceptors (Lipinski definition) is 2. The fraction of sp³-hybridized carbons (Fsp3) is 0.319. The van der Waals surface area contributed by atoms with Gasteiger partial charge in [-0.25, -0.2) is 0 Å². The lowest BCUT2D eigenvalue weighted by Crippen LogP contribution is -2.36. The third kappa shape index (κ3) is 4.85. The van der Waals surface area contributed by atoms with Gasteiger partial charge in [-0.3, -0.25) is 0 Å². The third-order valence-electron chi connectivity index (χ3n) is 13.9. The number of hydrogen-bond donors (Lipinski definition) is 0. The van der Waals surface area contributed by atoms with Crippen molar-refractivity contribution >= 4 is 35.2 Å². The number of benzene rings is 2. The van der Waals surface area contributed by atoms with E-state index < -0.39 is 18.3 Å². The van der Waals surface area contributed by atoms with E-state index in [2.05, 4.69) is 127 Å². The van der Waals surface area contributed by atoms with E-state index in [9.17, 15) is 0 Å². The van der Waals surface area contributed by atoms with Crippen molar-refractivity contribution < 1.29 is 4.74 Å². The van der Waals surface area contributed by atoms with Crippen LogP contribution in [-0.4, -0.2) is 35.4 Å². The van der Waals surface area contributed by atoms with Crippen molar-refractivity contribution in [2.24, 2.45) is 11.8 Å². The lowest BCUT2D eigenvalue weighted by molar-refractivity contribution is 0.0884. The highest BCUT2D eigenvalue weighted by Gasteiger charge is 2.49. The van der Waals surface area contributed by atoms with Crippen LogP contribution in [0.2, 0.25) is 12.1 Å². The third-order valence-corrected chi connectivity index (χ3v) is 19.4. The van der Waals surface area contributed by atoms with Gasteiger partial charge in [0.05, 0.1) is 24.4 Å². The Morgan fingerprint density at radius 3 is 2.76 bits per heavy atom. The number of fused-ring (bicyclic) bond motifs is 9. The first-order valence-corrected chi connectivity index (χ1v) is 23.6. The van der Waals surface area contributed by atoms with E-state index in [4.69, 9.17) is 4.74 Å². The van der Waals surface area contributed by atoms with Crippen molar-refractivity contribution in [2.75, 3.05) is 0 Å². The standard InChI is InChI=1S/C47H47NOSi2/c1-51-44-13-7-5-11-37(44)40-27-34(21-25-45(40)51)48(33-18-16-30(17-19-33)32-15-14-29-8-2-3-9-31(29)26-32)35-20-22-39-43(28-35)50-42-24-23-38-36-10-4-6-12-41(36)49-47(38)46(39)42/h2,5-8,11-16,18,20-22,24-27,35,38,40,45-47,51H,3-4,9-10,17,19,23,28,50H2,1H3. The van der Waals surface area contributed by atoms with E-state index in [0.717, 1.165) is 32.1 Å². The van der Waals surface area contributed by atoms with E-state index in [-0.39, 0.29) is 0 Å². The Morgan fingerprint density at radius 1 is 0.902 bits per heavy atom. The highest BCUT2D eigenvalue weighted by molar-refractivity contribution is 6.76. The van der Waals surface area contributed by atoms with Crippen LogP contribution in [0.3, 0.4) is 0 Å². The quantitative estimate of drug-likeness (QED) is 0.296. The smallest absolute Gasteiger partial charge is 0.119 e. The number of rotatable bonds is 4. The average Bonchev–Trinajstić information content (AvgIpc) is 3.84. The molecule has 51 heavy (non-hydrogen) atoms. The molecule has 9 aliphatic rings. The molecule has 2 nitrogen and oxygen atoms in total. The first kappa shape index (κ1) is 30.5. The second kappa shape index (κ2) is 12.0. The van der Waals surface area contributed by atoms with Gasteiger partial charge in [-0.05, 0) is 114 Å². The van der Waals surface area contributed by atoms with Gasteiger partial charge in [0.2, 0.25) is 0 Å². The molecule has 3 aliphatic heterocycles. The normalized spacial score (nSPS) is 32.5. The highest BCUT2D eigenvalue weighted by atomic mass is 28.3. The van der Waals surface area contributed by atoms with Gasteiger partial charge < -0.3 is 9.64 Å². The monoisotopic (exact) mass is 697 g/mol. The molecule has 0 aromatic heterocycles. The highest BCUT2D eigenvalue weighted by Crippen LogP contribution is 2.53. The van der Waals surface area contributed by atoms with E-state index in [0.29, 0.717) is 35.4 Å². The second-order valence-corrected chi connectivity index (χ2v) is 21.4. The number of nitrogens with zero attached hydrogens (tertiary/aromatic N) is 1. The lowest BCUT2D eigenvalue weighted by Gasteiger charge is -2.40. The van der Waals surface area contributed by atoms with Crippen molar-refractivity contribution in [3.8, 4) is 0 Å². The molecule has 7 atom stereocenters. The Balaban J connectivity index is 0.935. The molecule has 0 fully saturated rings. The van der Waals surface area contributed by atoms with Crippen LogP contribution in [0.15, 0.2) is 148 Å². The van der Waals surface area contributed by atoms with Crippen LogP contribution in [0.25, 0.3) is 11.6 Å². The van der Waals surface area contributed by atoms with Crippen molar-refractivity contribution in [2.45, 2.75) is 81.5 Å². The molecule has 7 unspecified atom stereocenters. The molecular weight excluding hydrogens is 651 g/mol. The summed E-state index contributed by atoms with van der Waals surface area (Å²) in [6, 6.07) is 16.9. The first-order chi connectivity index (χ1) is 25.2. The predicted molar refractivity (Wildman–Crippen MR) is 217 cm³/mol. The fourth-order valence-corrected chi connectivity index (χ4v) is 16.8. The summed E-state index contributed by atoms with van der Waals surface area (Å²) in [7, 11) is -1.50. The van der Waals surface area contributed by atoms with Crippen LogP contribution in [-0.2, 0) is 11.2 Å².